The van der Waals surface area contributed by atoms with Crippen molar-refractivity contribution in [2.24, 2.45) is 0 Å². The van der Waals surface area contributed by atoms with Gasteiger partial charge in [-0.1, -0.05) is 13.8 Å². The quantitative estimate of drug-likeness (QED) is 0.883. The number of hydrogen-bond donors (Lipinski definition) is 1. The number of nitrogen functional groups attached to an aromatic ring is 1. The fourth-order valence-electron chi connectivity index (χ4n) is 1.70. The SMILES string of the molecule is COc1ccc(-c2nc(N)oc2C(C)C)cc1. The Kier molecular flexibility index (Phi) is 3.04. The zero-order valence-electron chi connectivity index (χ0n) is 10.2. The van der Waals surface area contributed by atoms with Crippen molar-refractivity contribution in [3.8, 4) is 17.0 Å². The fourth-order valence-corrected chi connectivity index (χ4v) is 1.70. The summed E-state index contributed by atoms with van der Waals surface area (Å²) in [6.45, 7) is 4.10. The van der Waals surface area contributed by atoms with Gasteiger partial charge in [-0.05, 0) is 24.3 Å². The molecule has 0 atom stereocenters. The third kappa shape index (κ3) is 2.25. The van der Waals surface area contributed by atoms with Crippen molar-refractivity contribution in [1.82, 2.24) is 4.98 Å². The summed E-state index contributed by atoms with van der Waals surface area (Å²) in [7, 11) is 1.64. The Morgan fingerprint density at radius 1 is 1.24 bits per heavy atom. The molecule has 0 saturated carbocycles. The third-order valence-electron chi connectivity index (χ3n) is 2.56. The van der Waals surface area contributed by atoms with Crippen LogP contribution in [-0.4, -0.2) is 12.1 Å². The molecule has 0 aliphatic heterocycles. The molecule has 0 unspecified atom stereocenters. The summed E-state index contributed by atoms with van der Waals surface area (Å²) in [6.07, 6.45) is 0. The van der Waals surface area contributed by atoms with E-state index in [4.69, 9.17) is 14.9 Å². The maximum atomic E-state index is 5.61. The molecule has 17 heavy (non-hydrogen) atoms. The van der Waals surface area contributed by atoms with Gasteiger partial charge in [-0.25, -0.2) is 0 Å². The average molecular weight is 232 g/mol. The molecule has 0 radical (unpaired) electrons. The lowest BCUT2D eigenvalue weighted by atomic mass is 10.0. The van der Waals surface area contributed by atoms with E-state index in [1.165, 1.54) is 0 Å². The fraction of sp³-hybridized carbons (Fsp3) is 0.308. The van der Waals surface area contributed by atoms with E-state index >= 15 is 0 Å². The molecule has 0 amide bonds. The van der Waals surface area contributed by atoms with Crippen LogP contribution < -0.4 is 10.5 Å². The number of ether oxygens (including phenoxy) is 1. The molecule has 0 aliphatic rings. The van der Waals surface area contributed by atoms with Crippen LogP contribution in [0.25, 0.3) is 11.3 Å². The second kappa shape index (κ2) is 4.49. The summed E-state index contributed by atoms with van der Waals surface area (Å²) in [5.74, 6) is 1.88. The van der Waals surface area contributed by atoms with E-state index in [2.05, 4.69) is 4.98 Å². The zero-order valence-corrected chi connectivity index (χ0v) is 10.2. The van der Waals surface area contributed by atoms with Crippen molar-refractivity contribution in [1.29, 1.82) is 0 Å². The highest BCUT2D eigenvalue weighted by molar-refractivity contribution is 5.63. The second-order valence-electron chi connectivity index (χ2n) is 4.15. The lowest BCUT2D eigenvalue weighted by Gasteiger charge is -2.04. The van der Waals surface area contributed by atoms with Gasteiger partial charge in [0.05, 0.1) is 7.11 Å². The first kappa shape index (κ1) is 11.5. The standard InChI is InChI=1S/C13H16N2O2/c1-8(2)12-11(15-13(14)17-12)9-4-6-10(16-3)7-5-9/h4-8H,1-3H3,(H2,14,15). The molecule has 0 bridgehead atoms. The van der Waals surface area contributed by atoms with Crippen molar-refractivity contribution in [2.75, 3.05) is 12.8 Å². The molecule has 1 aromatic heterocycles. The normalized spacial score (nSPS) is 10.8. The van der Waals surface area contributed by atoms with E-state index in [1.807, 2.05) is 38.1 Å². The number of nitrogens with zero attached hydrogens (tertiary/aromatic N) is 1. The van der Waals surface area contributed by atoms with Gasteiger partial charge < -0.3 is 14.9 Å². The minimum Gasteiger partial charge on any atom is -0.497 e. The summed E-state index contributed by atoms with van der Waals surface area (Å²) in [4.78, 5) is 4.23. The van der Waals surface area contributed by atoms with Crippen LogP contribution in [0.5, 0.6) is 5.75 Å². The van der Waals surface area contributed by atoms with Gasteiger partial charge in [-0.3, -0.25) is 0 Å². The first-order chi connectivity index (χ1) is 8.11. The molecule has 2 aromatic rings. The van der Waals surface area contributed by atoms with Crippen LogP contribution in [-0.2, 0) is 0 Å². The van der Waals surface area contributed by atoms with Crippen molar-refractivity contribution < 1.29 is 9.15 Å². The van der Waals surface area contributed by atoms with Crippen LogP contribution in [0.2, 0.25) is 0 Å². The topological polar surface area (TPSA) is 61.3 Å². The third-order valence-corrected chi connectivity index (χ3v) is 2.56. The Morgan fingerprint density at radius 2 is 1.88 bits per heavy atom. The number of rotatable bonds is 3. The van der Waals surface area contributed by atoms with Gasteiger partial charge in [0.2, 0.25) is 0 Å². The molecule has 1 aromatic carbocycles. The number of anilines is 1. The van der Waals surface area contributed by atoms with Gasteiger partial charge in [-0.2, -0.15) is 4.98 Å². The van der Waals surface area contributed by atoms with Gasteiger partial charge in [0.1, 0.15) is 17.2 Å². The van der Waals surface area contributed by atoms with Crippen LogP contribution in [0.15, 0.2) is 28.7 Å². The first-order valence-electron chi connectivity index (χ1n) is 5.52. The van der Waals surface area contributed by atoms with E-state index in [9.17, 15) is 0 Å². The van der Waals surface area contributed by atoms with Crippen molar-refractivity contribution in [3.63, 3.8) is 0 Å². The number of benzene rings is 1. The molecule has 0 spiro atoms. The van der Waals surface area contributed by atoms with Gasteiger partial charge in [-0.15, -0.1) is 0 Å². The number of methoxy groups -OCH3 is 1. The van der Waals surface area contributed by atoms with E-state index in [0.717, 1.165) is 22.8 Å². The Labute approximate surface area is 100 Å². The zero-order chi connectivity index (χ0) is 12.4. The van der Waals surface area contributed by atoms with E-state index < -0.39 is 0 Å². The molecule has 90 valence electrons. The Morgan fingerprint density at radius 3 is 2.41 bits per heavy atom. The Bertz CT molecular complexity index is 501. The minimum atomic E-state index is 0.208. The Balaban J connectivity index is 2.44. The predicted molar refractivity (Wildman–Crippen MR) is 67.0 cm³/mol. The van der Waals surface area contributed by atoms with E-state index in [-0.39, 0.29) is 11.9 Å². The summed E-state index contributed by atoms with van der Waals surface area (Å²) < 4.78 is 10.5. The molecule has 4 nitrogen and oxygen atoms in total. The van der Waals surface area contributed by atoms with E-state index in [0.29, 0.717) is 0 Å². The first-order valence-corrected chi connectivity index (χ1v) is 5.52. The smallest absolute Gasteiger partial charge is 0.292 e. The maximum Gasteiger partial charge on any atom is 0.292 e. The van der Waals surface area contributed by atoms with Crippen LogP contribution in [0.4, 0.5) is 6.01 Å². The van der Waals surface area contributed by atoms with Crippen molar-refractivity contribution >= 4 is 6.01 Å². The van der Waals surface area contributed by atoms with Crippen molar-refractivity contribution in [2.45, 2.75) is 19.8 Å². The molecule has 0 fully saturated rings. The Hall–Kier alpha value is -1.97. The number of aromatic nitrogens is 1. The molecule has 2 rings (SSSR count). The number of oxazole rings is 1. The highest BCUT2D eigenvalue weighted by Crippen LogP contribution is 2.31. The molecule has 0 aliphatic carbocycles. The second-order valence-corrected chi connectivity index (χ2v) is 4.15. The summed E-state index contributed by atoms with van der Waals surface area (Å²) in [6, 6.07) is 7.89. The molecular formula is C13H16N2O2. The number of hydrogen-bond acceptors (Lipinski definition) is 4. The van der Waals surface area contributed by atoms with Gasteiger partial charge >= 0.3 is 0 Å². The molecule has 0 saturated heterocycles. The molecule has 4 heteroatoms. The lowest BCUT2D eigenvalue weighted by Crippen LogP contribution is -1.89. The summed E-state index contributed by atoms with van der Waals surface area (Å²) in [5.41, 5.74) is 7.40. The molecule has 2 N–H and O–H groups in total. The monoisotopic (exact) mass is 232 g/mol. The lowest BCUT2D eigenvalue weighted by molar-refractivity contribution is 0.415. The van der Waals surface area contributed by atoms with Crippen LogP contribution in [0.3, 0.4) is 0 Å². The van der Waals surface area contributed by atoms with Crippen LogP contribution >= 0.6 is 0 Å². The highest BCUT2D eigenvalue weighted by atomic mass is 16.5. The largest absolute Gasteiger partial charge is 0.497 e. The van der Waals surface area contributed by atoms with Gasteiger partial charge in [0, 0.05) is 11.5 Å². The summed E-state index contributed by atoms with van der Waals surface area (Å²) in [5, 5.41) is 0. The average Bonchev–Trinajstić information content (AvgIpc) is 2.72. The number of nitrogens with two attached hydrogens (primary N) is 1. The van der Waals surface area contributed by atoms with Crippen LogP contribution in [0.1, 0.15) is 25.5 Å². The van der Waals surface area contributed by atoms with Gasteiger partial charge in [0.15, 0.2) is 0 Å². The van der Waals surface area contributed by atoms with Crippen molar-refractivity contribution in [3.05, 3.63) is 30.0 Å². The summed E-state index contributed by atoms with van der Waals surface area (Å²) >= 11 is 0. The molecule has 1 heterocycles. The van der Waals surface area contributed by atoms with E-state index in [1.54, 1.807) is 7.11 Å². The van der Waals surface area contributed by atoms with Gasteiger partial charge in [0.25, 0.3) is 6.01 Å². The predicted octanol–water partition coefficient (Wildman–Crippen LogP) is 3.06. The minimum absolute atomic E-state index is 0.208. The van der Waals surface area contributed by atoms with Crippen LogP contribution in [0, 0.1) is 0 Å². The highest BCUT2D eigenvalue weighted by Gasteiger charge is 2.16. The maximum absolute atomic E-state index is 5.61. The molecular weight excluding hydrogens is 216 g/mol.